The summed E-state index contributed by atoms with van der Waals surface area (Å²) in [7, 11) is 0. The van der Waals surface area contributed by atoms with Gasteiger partial charge in [-0.2, -0.15) is 0 Å². The summed E-state index contributed by atoms with van der Waals surface area (Å²) in [5, 5.41) is 3.47. The molecule has 20 heavy (non-hydrogen) atoms. The van der Waals surface area contributed by atoms with E-state index in [0.29, 0.717) is 5.92 Å². The van der Waals surface area contributed by atoms with Crippen molar-refractivity contribution in [1.29, 1.82) is 0 Å². The molecule has 0 aliphatic heterocycles. The Hall–Kier alpha value is -1.61. The summed E-state index contributed by atoms with van der Waals surface area (Å²) in [6.07, 6.45) is 6.57. The van der Waals surface area contributed by atoms with Crippen molar-refractivity contribution in [2.45, 2.75) is 26.2 Å². The minimum absolute atomic E-state index is 0.177. The van der Waals surface area contributed by atoms with E-state index in [2.05, 4.69) is 12.2 Å². The second-order valence-electron chi connectivity index (χ2n) is 5.24. The van der Waals surface area contributed by atoms with Crippen molar-refractivity contribution in [3.05, 3.63) is 59.8 Å². The summed E-state index contributed by atoms with van der Waals surface area (Å²) in [6.45, 7) is 4.17. The Morgan fingerprint density at radius 3 is 2.50 bits per heavy atom. The van der Waals surface area contributed by atoms with E-state index < -0.39 is 0 Å². The van der Waals surface area contributed by atoms with Crippen molar-refractivity contribution in [2.24, 2.45) is 5.92 Å². The van der Waals surface area contributed by atoms with Gasteiger partial charge in [-0.15, -0.1) is 0 Å². The Labute approximate surface area is 120 Å². The zero-order valence-corrected chi connectivity index (χ0v) is 11.9. The summed E-state index contributed by atoms with van der Waals surface area (Å²) in [5.41, 5.74) is 2.40. The van der Waals surface area contributed by atoms with Crippen LogP contribution in [0.25, 0.3) is 0 Å². The maximum atomic E-state index is 13.0. The first-order valence-electron chi connectivity index (χ1n) is 7.24. The quantitative estimate of drug-likeness (QED) is 0.741. The van der Waals surface area contributed by atoms with Crippen molar-refractivity contribution in [1.82, 2.24) is 5.32 Å². The van der Waals surface area contributed by atoms with Gasteiger partial charge in [0.2, 0.25) is 0 Å². The number of hydrogen-bond acceptors (Lipinski definition) is 2. The van der Waals surface area contributed by atoms with Gasteiger partial charge in [-0.25, -0.2) is 4.39 Å². The van der Waals surface area contributed by atoms with E-state index in [0.717, 1.165) is 32.4 Å². The predicted octanol–water partition coefficient (Wildman–Crippen LogP) is 3.82. The molecule has 2 nitrogen and oxygen atoms in total. The maximum Gasteiger partial charge on any atom is 0.123 e. The SMILES string of the molecule is CCCNCC(Cc1ccc(F)cc1)Cc1ccoc1. The van der Waals surface area contributed by atoms with Crippen LogP contribution in [0.5, 0.6) is 0 Å². The van der Waals surface area contributed by atoms with Crippen molar-refractivity contribution in [2.75, 3.05) is 13.1 Å². The zero-order chi connectivity index (χ0) is 14.2. The van der Waals surface area contributed by atoms with Crippen LogP contribution in [0.3, 0.4) is 0 Å². The molecule has 1 aromatic heterocycles. The fourth-order valence-corrected chi connectivity index (χ4v) is 2.40. The lowest BCUT2D eigenvalue weighted by Crippen LogP contribution is -2.26. The Morgan fingerprint density at radius 2 is 1.85 bits per heavy atom. The monoisotopic (exact) mass is 275 g/mol. The van der Waals surface area contributed by atoms with Crippen LogP contribution in [0.4, 0.5) is 4.39 Å². The normalized spacial score (nSPS) is 12.5. The van der Waals surface area contributed by atoms with E-state index in [4.69, 9.17) is 4.42 Å². The van der Waals surface area contributed by atoms with Gasteiger partial charge < -0.3 is 9.73 Å². The molecule has 3 heteroatoms. The van der Waals surface area contributed by atoms with E-state index in [1.165, 1.54) is 23.3 Å². The van der Waals surface area contributed by atoms with Crippen LogP contribution in [0.15, 0.2) is 47.3 Å². The topological polar surface area (TPSA) is 25.2 Å². The van der Waals surface area contributed by atoms with Gasteiger partial charge in [0.25, 0.3) is 0 Å². The molecule has 0 aliphatic rings. The smallest absolute Gasteiger partial charge is 0.123 e. The number of nitrogens with one attached hydrogen (secondary N) is 1. The Balaban J connectivity index is 1.95. The third-order valence-corrected chi connectivity index (χ3v) is 3.40. The summed E-state index contributed by atoms with van der Waals surface area (Å²) in [5.74, 6) is 0.314. The van der Waals surface area contributed by atoms with Crippen LogP contribution in [0.1, 0.15) is 24.5 Å². The zero-order valence-electron chi connectivity index (χ0n) is 11.9. The number of benzene rings is 1. The molecule has 0 amide bonds. The van der Waals surface area contributed by atoms with Gasteiger partial charge in [0.1, 0.15) is 5.82 Å². The minimum atomic E-state index is -0.177. The third kappa shape index (κ3) is 4.82. The molecule has 0 saturated carbocycles. The fraction of sp³-hybridized carbons (Fsp3) is 0.412. The molecule has 0 saturated heterocycles. The van der Waals surface area contributed by atoms with E-state index >= 15 is 0 Å². The van der Waals surface area contributed by atoms with E-state index in [9.17, 15) is 4.39 Å². The van der Waals surface area contributed by atoms with Crippen LogP contribution in [-0.2, 0) is 12.8 Å². The molecule has 1 atom stereocenters. The molecule has 0 bridgehead atoms. The fourth-order valence-electron chi connectivity index (χ4n) is 2.40. The highest BCUT2D eigenvalue weighted by atomic mass is 19.1. The van der Waals surface area contributed by atoms with Crippen molar-refractivity contribution in [3.8, 4) is 0 Å². The second kappa shape index (κ2) is 7.85. The molecule has 0 fully saturated rings. The number of furan rings is 1. The Kier molecular flexibility index (Phi) is 5.81. The third-order valence-electron chi connectivity index (χ3n) is 3.40. The van der Waals surface area contributed by atoms with Gasteiger partial charge in [0.05, 0.1) is 12.5 Å². The molecule has 108 valence electrons. The predicted molar refractivity (Wildman–Crippen MR) is 79.2 cm³/mol. The summed E-state index contributed by atoms with van der Waals surface area (Å²) in [4.78, 5) is 0. The summed E-state index contributed by atoms with van der Waals surface area (Å²) in [6, 6.07) is 8.82. The Morgan fingerprint density at radius 1 is 1.10 bits per heavy atom. The molecular formula is C17H22FNO. The van der Waals surface area contributed by atoms with Crippen molar-refractivity contribution >= 4 is 0 Å². The first-order chi connectivity index (χ1) is 9.78. The maximum absolute atomic E-state index is 13.0. The van der Waals surface area contributed by atoms with Crippen LogP contribution in [0, 0.1) is 11.7 Å². The van der Waals surface area contributed by atoms with Crippen LogP contribution in [0.2, 0.25) is 0 Å². The highest BCUT2D eigenvalue weighted by Crippen LogP contribution is 2.15. The molecule has 1 N–H and O–H groups in total. The molecule has 0 spiro atoms. The lowest BCUT2D eigenvalue weighted by molar-refractivity contribution is 0.467. The van der Waals surface area contributed by atoms with E-state index in [1.54, 1.807) is 12.5 Å². The van der Waals surface area contributed by atoms with Crippen molar-refractivity contribution in [3.63, 3.8) is 0 Å². The highest BCUT2D eigenvalue weighted by molar-refractivity contribution is 5.17. The first-order valence-corrected chi connectivity index (χ1v) is 7.24. The van der Waals surface area contributed by atoms with Gasteiger partial charge in [-0.1, -0.05) is 19.1 Å². The lowest BCUT2D eigenvalue weighted by atomic mass is 9.93. The highest BCUT2D eigenvalue weighted by Gasteiger charge is 2.11. The standard InChI is InChI=1S/C17H22FNO/c1-2-8-19-12-16(11-15-7-9-20-13-15)10-14-3-5-17(18)6-4-14/h3-7,9,13,16,19H,2,8,10-12H2,1H3. The lowest BCUT2D eigenvalue weighted by Gasteiger charge is -2.17. The molecular weight excluding hydrogens is 253 g/mol. The van der Waals surface area contributed by atoms with E-state index in [-0.39, 0.29) is 5.82 Å². The molecule has 2 rings (SSSR count). The second-order valence-corrected chi connectivity index (χ2v) is 5.24. The molecule has 1 unspecified atom stereocenters. The van der Waals surface area contributed by atoms with E-state index in [1.807, 2.05) is 18.2 Å². The largest absolute Gasteiger partial charge is 0.472 e. The molecule has 1 heterocycles. The van der Waals surface area contributed by atoms with Gasteiger partial charge in [0.15, 0.2) is 0 Å². The molecule has 0 radical (unpaired) electrons. The van der Waals surface area contributed by atoms with Crippen molar-refractivity contribution < 1.29 is 8.81 Å². The molecule has 1 aromatic carbocycles. The summed E-state index contributed by atoms with van der Waals surface area (Å²) >= 11 is 0. The number of hydrogen-bond donors (Lipinski definition) is 1. The van der Waals surface area contributed by atoms with Crippen LogP contribution in [-0.4, -0.2) is 13.1 Å². The van der Waals surface area contributed by atoms with Gasteiger partial charge in [-0.05, 0) is 67.6 Å². The number of rotatable bonds is 8. The first kappa shape index (κ1) is 14.8. The van der Waals surface area contributed by atoms with Crippen LogP contribution < -0.4 is 5.32 Å². The van der Waals surface area contributed by atoms with Gasteiger partial charge in [-0.3, -0.25) is 0 Å². The van der Waals surface area contributed by atoms with Gasteiger partial charge >= 0.3 is 0 Å². The minimum Gasteiger partial charge on any atom is -0.472 e. The van der Waals surface area contributed by atoms with Gasteiger partial charge in [0, 0.05) is 0 Å². The number of halogens is 1. The average Bonchev–Trinajstić information content (AvgIpc) is 2.94. The molecule has 2 aromatic rings. The average molecular weight is 275 g/mol. The summed E-state index contributed by atoms with van der Waals surface area (Å²) < 4.78 is 18.1. The van der Waals surface area contributed by atoms with Crippen LogP contribution >= 0.6 is 0 Å². The molecule has 0 aliphatic carbocycles. The Bertz CT molecular complexity index is 478.